The van der Waals surface area contributed by atoms with Gasteiger partial charge in [0.15, 0.2) is 0 Å². The highest BCUT2D eigenvalue weighted by Gasteiger charge is 2.32. The number of hydrogen-bond donors (Lipinski definition) is 1. The van der Waals surface area contributed by atoms with Crippen LogP contribution < -0.4 is 5.32 Å². The topological polar surface area (TPSA) is 76.5 Å². The van der Waals surface area contributed by atoms with Gasteiger partial charge in [0.2, 0.25) is 0 Å². The van der Waals surface area contributed by atoms with Crippen LogP contribution >= 0.6 is 11.3 Å². The highest BCUT2D eigenvalue weighted by molar-refractivity contribution is 7.07. The quantitative estimate of drug-likeness (QED) is 0.509. The number of nitrogens with zero attached hydrogens (tertiary/aromatic N) is 3. The molecule has 1 aliphatic heterocycles. The van der Waals surface area contributed by atoms with E-state index in [0.717, 1.165) is 12.1 Å². The maximum atomic E-state index is 14.0. The molecule has 2 amide bonds. The molecule has 1 fully saturated rings. The summed E-state index contributed by atoms with van der Waals surface area (Å²) in [6.07, 6.45) is 3.27. The number of nitrogens with one attached hydrogen (secondary N) is 1. The van der Waals surface area contributed by atoms with E-state index in [9.17, 15) is 14.0 Å². The Morgan fingerprint density at radius 3 is 2.66 bits per heavy atom. The van der Waals surface area contributed by atoms with Crippen molar-refractivity contribution >= 4 is 23.3 Å². The fraction of sp³-hybridized carbons (Fsp3) is 0.423. The third kappa shape index (κ3) is 6.28. The molecule has 0 unspecified atom stereocenters. The Labute approximate surface area is 208 Å². The van der Waals surface area contributed by atoms with Crippen LogP contribution in [0.3, 0.4) is 0 Å². The highest BCUT2D eigenvalue weighted by Crippen LogP contribution is 2.33. The molecule has 7 nitrogen and oxygen atoms in total. The first-order chi connectivity index (χ1) is 16.7. The lowest BCUT2D eigenvalue weighted by atomic mass is 9.91. The Bertz CT molecular complexity index is 1160. The number of hydrogen-bond acceptors (Lipinski definition) is 5. The number of amides is 2. The molecule has 0 saturated carbocycles. The monoisotopic (exact) mass is 498 g/mol. The summed E-state index contributed by atoms with van der Waals surface area (Å²) in [5, 5.41) is 11.6. The molecule has 1 N–H and O–H groups in total. The fourth-order valence-electron chi connectivity index (χ4n) is 4.25. The second-order valence-electron chi connectivity index (χ2n) is 9.71. The minimum atomic E-state index is -0.557. The number of carbonyl (C=O) groups excluding carboxylic acids is 2. The lowest BCUT2D eigenvalue weighted by Crippen LogP contribution is -2.41. The highest BCUT2D eigenvalue weighted by atomic mass is 32.1. The molecule has 1 aromatic carbocycles. The van der Waals surface area contributed by atoms with Gasteiger partial charge in [0.05, 0.1) is 23.1 Å². The lowest BCUT2D eigenvalue weighted by Gasteiger charge is -2.34. The van der Waals surface area contributed by atoms with Crippen molar-refractivity contribution in [2.45, 2.75) is 51.6 Å². The summed E-state index contributed by atoms with van der Waals surface area (Å²) in [4.78, 5) is 27.4. The van der Waals surface area contributed by atoms with Gasteiger partial charge in [-0.3, -0.25) is 4.79 Å². The number of likely N-dealkylation sites (tertiary alicyclic amines) is 1. The molecular weight excluding hydrogens is 467 g/mol. The van der Waals surface area contributed by atoms with E-state index < -0.39 is 5.60 Å². The van der Waals surface area contributed by atoms with E-state index in [-0.39, 0.29) is 23.7 Å². The molecule has 3 heterocycles. The molecule has 0 radical (unpaired) electrons. The normalized spacial score (nSPS) is 14.7. The Hall–Kier alpha value is -3.20. The minimum absolute atomic E-state index is 0.0166. The van der Waals surface area contributed by atoms with Gasteiger partial charge in [0, 0.05) is 25.6 Å². The van der Waals surface area contributed by atoms with Crippen LogP contribution in [-0.2, 0) is 11.2 Å². The van der Waals surface area contributed by atoms with Crippen LogP contribution in [0.5, 0.6) is 0 Å². The molecule has 0 atom stereocenters. The molecule has 2 aromatic heterocycles. The number of piperidine rings is 1. The predicted molar refractivity (Wildman–Crippen MR) is 134 cm³/mol. The zero-order chi connectivity index (χ0) is 25.0. The molecule has 1 saturated heterocycles. The van der Waals surface area contributed by atoms with Gasteiger partial charge in [-0.1, -0.05) is 6.07 Å². The van der Waals surface area contributed by atoms with Crippen LogP contribution in [-0.4, -0.2) is 51.9 Å². The first-order valence-corrected chi connectivity index (χ1v) is 12.8. The number of halogens is 1. The average Bonchev–Trinajstić information content (AvgIpc) is 3.48. The SMILES string of the molecule is CC(C)(C)OC(=O)N1CCC(c2c(C(=O)NCCc3ccsc3)cnn2-c2cccc(F)c2)CC1. The van der Waals surface area contributed by atoms with E-state index in [4.69, 9.17) is 4.74 Å². The number of aromatic nitrogens is 2. The van der Waals surface area contributed by atoms with Crippen molar-refractivity contribution in [1.29, 1.82) is 0 Å². The maximum absolute atomic E-state index is 14.0. The van der Waals surface area contributed by atoms with Crippen LogP contribution in [0.15, 0.2) is 47.3 Å². The van der Waals surface area contributed by atoms with Crippen molar-refractivity contribution in [3.63, 3.8) is 0 Å². The standard InChI is InChI=1S/C26H31FN4O3S/c1-26(2,3)34-25(33)30-12-8-19(9-13-30)23-22(24(32)28-11-7-18-10-14-35-17-18)16-29-31(23)21-6-4-5-20(27)15-21/h4-6,10,14-17,19H,7-9,11-13H2,1-3H3,(H,28,32). The zero-order valence-corrected chi connectivity index (χ0v) is 21.1. The van der Waals surface area contributed by atoms with Crippen molar-refractivity contribution in [2.24, 2.45) is 0 Å². The van der Waals surface area contributed by atoms with E-state index in [1.54, 1.807) is 39.2 Å². The fourth-order valence-corrected chi connectivity index (χ4v) is 4.95. The second kappa shape index (κ2) is 10.6. The molecule has 0 bridgehead atoms. The summed E-state index contributed by atoms with van der Waals surface area (Å²) in [7, 11) is 0. The van der Waals surface area contributed by atoms with Crippen molar-refractivity contribution in [3.8, 4) is 5.69 Å². The average molecular weight is 499 g/mol. The number of rotatable bonds is 6. The van der Waals surface area contributed by atoms with Crippen LogP contribution in [0.1, 0.15) is 61.1 Å². The van der Waals surface area contributed by atoms with E-state index in [0.29, 0.717) is 43.7 Å². The maximum Gasteiger partial charge on any atom is 0.410 e. The molecule has 1 aliphatic rings. The number of thiophene rings is 1. The molecule has 0 spiro atoms. The van der Waals surface area contributed by atoms with Crippen molar-refractivity contribution < 1.29 is 18.7 Å². The number of benzene rings is 1. The summed E-state index contributed by atoms with van der Waals surface area (Å²) < 4.78 is 21.2. The number of ether oxygens (including phenoxy) is 1. The molecule has 0 aliphatic carbocycles. The van der Waals surface area contributed by atoms with Crippen molar-refractivity contribution in [3.05, 3.63) is 69.9 Å². The Balaban J connectivity index is 1.53. The van der Waals surface area contributed by atoms with E-state index in [2.05, 4.69) is 15.8 Å². The summed E-state index contributed by atoms with van der Waals surface area (Å²) in [5.74, 6) is -0.588. The van der Waals surface area contributed by atoms with Gasteiger partial charge < -0.3 is 15.0 Å². The second-order valence-corrected chi connectivity index (χ2v) is 10.5. The van der Waals surface area contributed by atoms with Crippen LogP contribution in [0.25, 0.3) is 5.69 Å². The molecule has 9 heteroatoms. The molecular formula is C26H31FN4O3S. The first-order valence-electron chi connectivity index (χ1n) is 11.8. The van der Waals surface area contributed by atoms with Gasteiger partial charge in [-0.25, -0.2) is 13.9 Å². The summed E-state index contributed by atoms with van der Waals surface area (Å²) in [6, 6.07) is 8.23. The molecule has 186 valence electrons. The van der Waals surface area contributed by atoms with Crippen LogP contribution in [0.2, 0.25) is 0 Å². The molecule has 4 rings (SSSR count). The largest absolute Gasteiger partial charge is 0.444 e. The predicted octanol–water partition coefficient (Wildman–Crippen LogP) is 5.16. The van der Waals surface area contributed by atoms with E-state index in [1.165, 1.54) is 17.7 Å². The molecule has 35 heavy (non-hydrogen) atoms. The Morgan fingerprint density at radius 2 is 2.00 bits per heavy atom. The van der Waals surface area contributed by atoms with Gasteiger partial charge in [0.25, 0.3) is 5.91 Å². The van der Waals surface area contributed by atoms with Crippen LogP contribution in [0, 0.1) is 5.82 Å². The molecule has 3 aromatic rings. The van der Waals surface area contributed by atoms with Crippen LogP contribution in [0.4, 0.5) is 9.18 Å². The summed E-state index contributed by atoms with van der Waals surface area (Å²) >= 11 is 1.63. The first kappa shape index (κ1) is 24.9. The van der Waals surface area contributed by atoms with Gasteiger partial charge in [-0.15, -0.1) is 0 Å². The third-order valence-electron chi connectivity index (χ3n) is 5.92. The minimum Gasteiger partial charge on any atom is -0.444 e. The van der Waals surface area contributed by atoms with Crippen molar-refractivity contribution in [2.75, 3.05) is 19.6 Å². The number of carbonyl (C=O) groups is 2. The third-order valence-corrected chi connectivity index (χ3v) is 6.65. The van der Waals surface area contributed by atoms with Gasteiger partial charge in [0.1, 0.15) is 11.4 Å². The van der Waals surface area contributed by atoms with Crippen molar-refractivity contribution in [1.82, 2.24) is 20.0 Å². The van der Waals surface area contributed by atoms with Gasteiger partial charge in [-0.05, 0) is 80.6 Å². The summed E-state index contributed by atoms with van der Waals surface area (Å²) in [6.45, 7) is 7.06. The smallest absolute Gasteiger partial charge is 0.410 e. The van der Waals surface area contributed by atoms with E-state index >= 15 is 0 Å². The lowest BCUT2D eigenvalue weighted by molar-refractivity contribution is 0.0203. The zero-order valence-electron chi connectivity index (χ0n) is 20.3. The van der Waals surface area contributed by atoms with E-state index in [1.807, 2.05) is 32.2 Å². The van der Waals surface area contributed by atoms with Gasteiger partial charge in [-0.2, -0.15) is 16.4 Å². The Morgan fingerprint density at radius 1 is 1.23 bits per heavy atom. The van der Waals surface area contributed by atoms with Gasteiger partial charge >= 0.3 is 6.09 Å². The Kier molecular flexibility index (Phi) is 7.54. The summed E-state index contributed by atoms with van der Waals surface area (Å²) in [5.41, 5.74) is 2.41.